The zero-order valence-corrected chi connectivity index (χ0v) is 13.5. The molecule has 0 spiro atoms. The van der Waals surface area contributed by atoms with Crippen LogP contribution < -0.4 is 0 Å². The molecule has 3 heterocycles. The third-order valence-electron chi connectivity index (χ3n) is 3.17. The minimum absolute atomic E-state index is 0.542. The number of aromatic nitrogens is 6. The van der Waals surface area contributed by atoms with E-state index < -0.39 is 0 Å². The number of fused-ring (bicyclic) bond motifs is 1. The number of hydrogen-bond donors (Lipinski definition) is 1. The average Bonchev–Trinajstić information content (AvgIpc) is 3.11. The summed E-state index contributed by atoms with van der Waals surface area (Å²) in [5.41, 5.74) is 2.67. The normalized spacial score (nSPS) is 11.4. The lowest BCUT2D eigenvalue weighted by Crippen LogP contribution is -1.91. The van der Waals surface area contributed by atoms with Crippen LogP contribution in [-0.4, -0.2) is 30.0 Å². The molecule has 4 aromatic rings. The van der Waals surface area contributed by atoms with Gasteiger partial charge in [-0.2, -0.15) is 14.7 Å². The molecule has 6 nitrogen and oxygen atoms in total. The quantitative estimate of drug-likeness (QED) is 0.595. The van der Waals surface area contributed by atoms with E-state index in [1.54, 1.807) is 28.9 Å². The molecule has 0 fully saturated rings. The topological polar surface area (TPSA) is 71.8 Å². The zero-order valence-electron chi connectivity index (χ0n) is 11.2. The molecule has 0 unspecified atom stereocenters. The second kappa shape index (κ2) is 5.05. The van der Waals surface area contributed by atoms with Crippen molar-refractivity contribution in [1.29, 1.82) is 0 Å². The molecule has 0 bridgehead atoms. The van der Waals surface area contributed by atoms with Crippen LogP contribution in [0.15, 0.2) is 24.4 Å². The molecule has 0 aliphatic carbocycles. The highest BCUT2D eigenvalue weighted by Crippen LogP contribution is 2.31. The second-order valence-electron chi connectivity index (χ2n) is 4.69. The van der Waals surface area contributed by atoms with Crippen LogP contribution in [0.2, 0.25) is 10.0 Å². The van der Waals surface area contributed by atoms with Gasteiger partial charge < -0.3 is 0 Å². The number of halogens is 2. The highest BCUT2D eigenvalue weighted by Gasteiger charge is 2.16. The van der Waals surface area contributed by atoms with Crippen LogP contribution in [0.1, 0.15) is 5.69 Å². The highest BCUT2D eigenvalue weighted by atomic mass is 35.5. The first-order valence-electron chi connectivity index (χ1n) is 6.31. The summed E-state index contributed by atoms with van der Waals surface area (Å²) in [7, 11) is 0. The fourth-order valence-corrected chi connectivity index (χ4v) is 3.59. The van der Waals surface area contributed by atoms with E-state index in [-0.39, 0.29) is 0 Å². The van der Waals surface area contributed by atoms with Gasteiger partial charge in [0.1, 0.15) is 0 Å². The molecule has 1 aromatic carbocycles. The lowest BCUT2D eigenvalue weighted by Gasteiger charge is -1.99. The first-order chi connectivity index (χ1) is 10.6. The Morgan fingerprint density at radius 2 is 1.91 bits per heavy atom. The molecule has 0 saturated carbocycles. The molecule has 0 atom stereocenters. The molecule has 3 aromatic heterocycles. The van der Waals surface area contributed by atoms with E-state index in [9.17, 15) is 0 Å². The van der Waals surface area contributed by atoms with Gasteiger partial charge in [-0.15, -0.1) is 10.2 Å². The monoisotopic (exact) mass is 350 g/mol. The molecule has 0 aliphatic heterocycles. The molecule has 1 N–H and O–H groups in total. The fourth-order valence-electron chi connectivity index (χ4n) is 2.16. The van der Waals surface area contributed by atoms with E-state index in [4.69, 9.17) is 23.2 Å². The van der Waals surface area contributed by atoms with Crippen LogP contribution >= 0.6 is 34.5 Å². The largest absolute Gasteiger partial charge is 0.282 e. The van der Waals surface area contributed by atoms with Gasteiger partial charge in [-0.1, -0.05) is 34.5 Å². The van der Waals surface area contributed by atoms with Crippen LogP contribution in [0.4, 0.5) is 0 Å². The predicted molar refractivity (Wildman–Crippen MR) is 86.4 cm³/mol. The van der Waals surface area contributed by atoms with Crippen LogP contribution in [0, 0.1) is 6.92 Å². The Kier molecular flexibility index (Phi) is 3.14. The van der Waals surface area contributed by atoms with Gasteiger partial charge in [-0.3, -0.25) is 5.10 Å². The molecular weight excluding hydrogens is 343 g/mol. The SMILES string of the molecule is Cc1[nH]ncc1-c1nn2c(-c3cc(Cl)cc(Cl)c3)nnc2s1. The minimum atomic E-state index is 0.542. The van der Waals surface area contributed by atoms with Crippen LogP contribution in [0.3, 0.4) is 0 Å². The summed E-state index contributed by atoms with van der Waals surface area (Å²) >= 11 is 13.6. The number of hydrogen-bond acceptors (Lipinski definition) is 5. The smallest absolute Gasteiger partial charge is 0.235 e. The summed E-state index contributed by atoms with van der Waals surface area (Å²) in [6, 6.07) is 5.24. The Morgan fingerprint density at radius 3 is 2.59 bits per heavy atom. The Morgan fingerprint density at radius 1 is 1.14 bits per heavy atom. The van der Waals surface area contributed by atoms with Crippen molar-refractivity contribution in [2.24, 2.45) is 0 Å². The van der Waals surface area contributed by atoms with Gasteiger partial charge in [0.15, 0.2) is 10.8 Å². The van der Waals surface area contributed by atoms with Crippen LogP contribution in [0.5, 0.6) is 0 Å². The Balaban J connectivity index is 1.89. The second-order valence-corrected chi connectivity index (χ2v) is 6.52. The lowest BCUT2D eigenvalue weighted by atomic mass is 10.2. The number of aromatic amines is 1. The standard InChI is InChI=1S/C13H8Cl2N6S/c1-6-10(5-16-17-6)12-20-21-11(18-19-13(21)22-12)7-2-8(14)4-9(15)3-7/h2-5H,1H3,(H,16,17). The summed E-state index contributed by atoms with van der Waals surface area (Å²) in [5, 5.41) is 21.7. The maximum Gasteiger partial charge on any atom is 0.235 e. The summed E-state index contributed by atoms with van der Waals surface area (Å²) in [4.78, 5) is 0.696. The van der Waals surface area contributed by atoms with Gasteiger partial charge in [-0.05, 0) is 25.1 Å². The lowest BCUT2D eigenvalue weighted by molar-refractivity contribution is 0.970. The van der Waals surface area contributed by atoms with Gasteiger partial charge in [-0.25, -0.2) is 0 Å². The van der Waals surface area contributed by atoms with Crippen LogP contribution in [-0.2, 0) is 0 Å². The first-order valence-corrected chi connectivity index (χ1v) is 7.88. The van der Waals surface area contributed by atoms with E-state index >= 15 is 0 Å². The third-order valence-corrected chi connectivity index (χ3v) is 4.54. The molecular formula is C13H8Cl2N6S. The summed E-state index contributed by atoms with van der Waals surface area (Å²) in [6.07, 6.45) is 1.75. The van der Waals surface area contributed by atoms with Crippen LogP contribution in [0.25, 0.3) is 26.9 Å². The zero-order chi connectivity index (χ0) is 15.3. The summed E-state index contributed by atoms with van der Waals surface area (Å²) in [5.74, 6) is 0.600. The number of benzene rings is 1. The molecule has 0 aliphatic rings. The Bertz CT molecular complexity index is 965. The van der Waals surface area contributed by atoms with E-state index in [2.05, 4.69) is 25.5 Å². The molecule has 4 rings (SSSR count). The van der Waals surface area contributed by atoms with E-state index in [0.29, 0.717) is 20.8 Å². The van der Waals surface area contributed by atoms with Crippen molar-refractivity contribution in [2.45, 2.75) is 6.92 Å². The Labute approximate surface area is 138 Å². The van der Waals surface area contributed by atoms with E-state index in [1.165, 1.54) is 11.3 Å². The number of aryl methyl sites for hydroxylation is 1. The average molecular weight is 351 g/mol. The number of rotatable bonds is 2. The molecule has 0 amide bonds. The third kappa shape index (κ3) is 2.18. The Hall–Kier alpha value is -1.96. The van der Waals surface area contributed by atoms with Crippen molar-refractivity contribution >= 4 is 39.5 Å². The molecule has 9 heteroatoms. The van der Waals surface area contributed by atoms with Crippen molar-refractivity contribution < 1.29 is 0 Å². The van der Waals surface area contributed by atoms with E-state index in [0.717, 1.165) is 21.8 Å². The van der Waals surface area contributed by atoms with Gasteiger partial charge in [0.25, 0.3) is 0 Å². The predicted octanol–water partition coefficient (Wildman–Crippen LogP) is 3.86. The van der Waals surface area contributed by atoms with Crippen molar-refractivity contribution in [2.75, 3.05) is 0 Å². The number of H-pyrrole nitrogens is 1. The van der Waals surface area contributed by atoms with E-state index in [1.807, 2.05) is 6.92 Å². The van der Waals surface area contributed by atoms with Crippen molar-refractivity contribution in [3.63, 3.8) is 0 Å². The molecule has 0 radical (unpaired) electrons. The maximum absolute atomic E-state index is 6.05. The summed E-state index contributed by atoms with van der Waals surface area (Å²) in [6.45, 7) is 1.95. The minimum Gasteiger partial charge on any atom is -0.282 e. The highest BCUT2D eigenvalue weighted by molar-refractivity contribution is 7.19. The van der Waals surface area contributed by atoms with Gasteiger partial charge in [0.2, 0.25) is 4.96 Å². The van der Waals surface area contributed by atoms with Gasteiger partial charge in [0.05, 0.1) is 11.8 Å². The van der Waals surface area contributed by atoms with Gasteiger partial charge in [0, 0.05) is 21.3 Å². The van der Waals surface area contributed by atoms with Gasteiger partial charge >= 0.3 is 0 Å². The number of nitrogens with zero attached hydrogens (tertiary/aromatic N) is 5. The first kappa shape index (κ1) is 13.7. The molecule has 22 heavy (non-hydrogen) atoms. The summed E-state index contributed by atoms with van der Waals surface area (Å²) < 4.78 is 1.69. The maximum atomic E-state index is 6.05. The molecule has 0 saturated heterocycles. The number of nitrogens with one attached hydrogen (secondary N) is 1. The van der Waals surface area contributed by atoms with Crippen molar-refractivity contribution in [1.82, 2.24) is 30.0 Å². The van der Waals surface area contributed by atoms with Crippen molar-refractivity contribution in [3.8, 4) is 22.0 Å². The molecule has 110 valence electrons. The van der Waals surface area contributed by atoms with Crippen molar-refractivity contribution in [3.05, 3.63) is 40.1 Å². The fraction of sp³-hybridized carbons (Fsp3) is 0.0769.